The topological polar surface area (TPSA) is 59.1 Å². The first-order valence-electron chi connectivity index (χ1n) is 8.55. The zero-order chi connectivity index (χ0) is 19.1. The number of hydrogen-bond acceptors (Lipinski definition) is 5. The van der Waals surface area contributed by atoms with Crippen LogP contribution >= 0.6 is 0 Å². The molecular formula is C20H20F2N4O. The highest BCUT2D eigenvalue weighted by atomic mass is 19.2. The monoisotopic (exact) mass is 370 g/mol. The Morgan fingerprint density at radius 3 is 2.52 bits per heavy atom. The van der Waals surface area contributed by atoms with E-state index in [2.05, 4.69) is 20.6 Å². The molecule has 140 valence electrons. The number of ether oxygens (including phenoxy) is 1. The van der Waals surface area contributed by atoms with E-state index >= 15 is 0 Å². The maximum Gasteiger partial charge on any atom is 0.225 e. The minimum Gasteiger partial charge on any atom is -0.385 e. The third-order valence-electron chi connectivity index (χ3n) is 3.80. The Bertz CT molecular complexity index is 890. The summed E-state index contributed by atoms with van der Waals surface area (Å²) in [5.74, 6) is -0.898. The quantitative estimate of drug-likeness (QED) is 0.567. The largest absolute Gasteiger partial charge is 0.385 e. The number of aromatic nitrogens is 2. The second-order valence-corrected chi connectivity index (χ2v) is 5.86. The summed E-state index contributed by atoms with van der Waals surface area (Å²) in [6, 6.07) is 15.0. The number of nitrogens with zero attached hydrogens (tertiary/aromatic N) is 2. The fraction of sp³-hybridized carbons (Fsp3) is 0.200. The Morgan fingerprint density at radius 2 is 1.78 bits per heavy atom. The van der Waals surface area contributed by atoms with E-state index in [1.807, 2.05) is 30.3 Å². The minimum atomic E-state index is -0.921. The van der Waals surface area contributed by atoms with Crippen LogP contribution in [0.25, 0.3) is 11.3 Å². The molecule has 0 spiro atoms. The first-order chi connectivity index (χ1) is 13.2. The molecule has 0 radical (unpaired) electrons. The van der Waals surface area contributed by atoms with Crippen LogP contribution in [0.5, 0.6) is 0 Å². The highest BCUT2D eigenvalue weighted by Crippen LogP contribution is 2.24. The summed E-state index contributed by atoms with van der Waals surface area (Å²) in [6.45, 7) is 1.28. The van der Waals surface area contributed by atoms with Gasteiger partial charge in [-0.15, -0.1) is 0 Å². The maximum absolute atomic E-state index is 13.5. The average Bonchev–Trinajstić information content (AvgIpc) is 2.69. The molecule has 0 amide bonds. The van der Waals surface area contributed by atoms with Crippen molar-refractivity contribution in [3.8, 4) is 11.3 Å². The van der Waals surface area contributed by atoms with Crippen molar-refractivity contribution < 1.29 is 13.5 Å². The summed E-state index contributed by atoms with van der Waals surface area (Å²) in [4.78, 5) is 8.95. The van der Waals surface area contributed by atoms with Crippen LogP contribution in [0.1, 0.15) is 6.42 Å². The number of halogens is 2. The van der Waals surface area contributed by atoms with Gasteiger partial charge in [-0.1, -0.05) is 30.3 Å². The molecule has 2 N–H and O–H groups in total. The lowest BCUT2D eigenvalue weighted by Crippen LogP contribution is -2.09. The van der Waals surface area contributed by atoms with E-state index in [4.69, 9.17) is 4.74 Å². The van der Waals surface area contributed by atoms with Gasteiger partial charge in [0.2, 0.25) is 5.95 Å². The van der Waals surface area contributed by atoms with Crippen LogP contribution < -0.4 is 10.6 Å². The van der Waals surface area contributed by atoms with Crippen molar-refractivity contribution in [3.63, 3.8) is 0 Å². The van der Waals surface area contributed by atoms with Crippen LogP contribution in [0.4, 0.5) is 26.2 Å². The lowest BCUT2D eigenvalue weighted by molar-refractivity contribution is 0.197. The average molecular weight is 370 g/mol. The highest BCUT2D eigenvalue weighted by Gasteiger charge is 2.09. The van der Waals surface area contributed by atoms with Gasteiger partial charge >= 0.3 is 0 Å². The van der Waals surface area contributed by atoms with Gasteiger partial charge in [0, 0.05) is 43.6 Å². The van der Waals surface area contributed by atoms with E-state index in [0.29, 0.717) is 36.3 Å². The molecule has 0 bridgehead atoms. The predicted molar refractivity (Wildman–Crippen MR) is 102 cm³/mol. The summed E-state index contributed by atoms with van der Waals surface area (Å²) < 4.78 is 31.7. The van der Waals surface area contributed by atoms with Crippen molar-refractivity contribution in [3.05, 3.63) is 66.2 Å². The molecular weight excluding hydrogens is 350 g/mol. The lowest BCUT2D eigenvalue weighted by Gasteiger charge is -2.12. The van der Waals surface area contributed by atoms with Gasteiger partial charge in [-0.05, 0) is 18.6 Å². The number of anilines is 3. The van der Waals surface area contributed by atoms with Gasteiger partial charge in [0.1, 0.15) is 5.82 Å². The molecule has 0 saturated heterocycles. The summed E-state index contributed by atoms with van der Waals surface area (Å²) in [5.41, 5.74) is 2.04. The number of hydrogen-bond donors (Lipinski definition) is 2. The summed E-state index contributed by atoms with van der Waals surface area (Å²) in [5, 5.41) is 6.16. The third kappa shape index (κ3) is 5.21. The highest BCUT2D eigenvalue weighted by molar-refractivity contribution is 5.67. The number of rotatable bonds is 8. The van der Waals surface area contributed by atoms with E-state index < -0.39 is 11.6 Å². The zero-order valence-corrected chi connectivity index (χ0v) is 14.9. The molecule has 5 nitrogen and oxygen atoms in total. The van der Waals surface area contributed by atoms with Crippen molar-refractivity contribution in [1.29, 1.82) is 0 Å². The van der Waals surface area contributed by atoms with E-state index in [0.717, 1.165) is 24.1 Å². The molecule has 2 aromatic carbocycles. The van der Waals surface area contributed by atoms with Gasteiger partial charge in [0.05, 0.1) is 5.69 Å². The normalized spacial score (nSPS) is 10.6. The van der Waals surface area contributed by atoms with Crippen molar-refractivity contribution in [2.24, 2.45) is 0 Å². The molecule has 3 rings (SSSR count). The van der Waals surface area contributed by atoms with E-state index in [1.165, 1.54) is 6.07 Å². The van der Waals surface area contributed by atoms with Gasteiger partial charge in [-0.3, -0.25) is 0 Å². The van der Waals surface area contributed by atoms with Crippen molar-refractivity contribution >= 4 is 17.5 Å². The second-order valence-electron chi connectivity index (χ2n) is 5.86. The van der Waals surface area contributed by atoms with Gasteiger partial charge in [-0.25, -0.2) is 13.8 Å². The van der Waals surface area contributed by atoms with E-state index in [-0.39, 0.29) is 0 Å². The molecule has 0 atom stereocenters. The summed E-state index contributed by atoms with van der Waals surface area (Å²) in [7, 11) is 1.65. The molecule has 1 aromatic heterocycles. The predicted octanol–water partition coefficient (Wildman–Crippen LogP) is 4.61. The molecule has 0 fully saturated rings. The van der Waals surface area contributed by atoms with Crippen LogP contribution in [0.3, 0.4) is 0 Å². The Balaban J connectivity index is 1.87. The lowest BCUT2D eigenvalue weighted by atomic mass is 10.1. The molecule has 0 aliphatic rings. The Hall–Kier alpha value is -3.06. The molecule has 0 saturated carbocycles. The third-order valence-corrected chi connectivity index (χ3v) is 3.80. The zero-order valence-electron chi connectivity index (χ0n) is 14.9. The van der Waals surface area contributed by atoms with Crippen LogP contribution in [0.2, 0.25) is 0 Å². The number of methoxy groups -OCH3 is 1. The first kappa shape index (κ1) is 18.7. The van der Waals surface area contributed by atoms with Crippen LogP contribution in [0.15, 0.2) is 54.6 Å². The minimum absolute atomic E-state index is 0.400. The van der Waals surface area contributed by atoms with Crippen LogP contribution in [-0.2, 0) is 4.74 Å². The number of nitrogens with one attached hydrogen (secondary N) is 2. The van der Waals surface area contributed by atoms with Crippen molar-refractivity contribution in [2.45, 2.75) is 6.42 Å². The van der Waals surface area contributed by atoms with Crippen molar-refractivity contribution in [2.75, 3.05) is 30.9 Å². The molecule has 27 heavy (non-hydrogen) atoms. The molecule has 1 heterocycles. The van der Waals surface area contributed by atoms with Crippen LogP contribution in [-0.4, -0.2) is 30.2 Å². The smallest absolute Gasteiger partial charge is 0.225 e. The Labute approximate surface area is 156 Å². The fourth-order valence-electron chi connectivity index (χ4n) is 2.49. The maximum atomic E-state index is 13.5. The van der Waals surface area contributed by atoms with Gasteiger partial charge in [0.15, 0.2) is 11.6 Å². The SMILES string of the molecule is COCCCNc1nc(Nc2ccc(F)c(F)c2)cc(-c2ccccc2)n1. The molecule has 7 heteroatoms. The van der Waals surface area contributed by atoms with Gasteiger partial charge in [0.25, 0.3) is 0 Å². The van der Waals surface area contributed by atoms with Crippen molar-refractivity contribution in [1.82, 2.24) is 9.97 Å². The Kier molecular flexibility index (Phi) is 6.27. The molecule has 0 unspecified atom stereocenters. The fourth-order valence-corrected chi connectivity index (χ4v) is 2.49. The molecule has 3 aromatic rings. The first-order valence-corrected chi connectivity index (χ1v) is 8.55. The summed E-state index contributed by atoms with van der Waals surface area (Å²) in [6.07, 6.45) is 0.807. The van der Waals surface area contributed by atoms with E-state index in [1.54, 1.807) is 13.2 Å². The number of benzene rings is 2. The molecule has 0 aliphatic heterocycles. The van der Waals surface area contributed by atoms with Gasteiger partial charge < -0.3 is 15.4 Å². The summed E-state index contributed by atoms with van der Waals surface area (Å²) >= 11 is 0. The van der Waals surface area contributed by atoms with Crippen LogP contribution in [0, 0.1) is 11.6 Å². The Morgan fingerprint density at radius 1 is 0.963 bits per heavy atom. The van der Waals surface area contributed by atoms with Gasteiger partial charge in [-0.2, -0.15) is 4.98 Å². The standard InChI is InChI=1S/C20H20F2N4O/c1-27-11-5-10-23-20-25-18(14-6-3-2-4-7-14)13-19(26-20)24-15-8-9-16(21)17(22)12-15/h2-4,6-9,12-13H,5,10-11H2,1H3,(H2,23,24,25,26). The molecule has 0 aliphatic carbocycles. The van der Waals surface area contributed by atoms with E-state index in [9.17, 15) is 8.78 Å². The second kappa shape index (κ2) is 9.05.